The quantitative estimate of drug-likeness (QED) is 0.736. The fourth-order valence-corrected chi connectivity index (χ4v) is 5.47. The van der Waals surface area contributed by atoms with Crippen molar-refractivity contribution in [1.82, 2.24) is 4.98 Å². The number of nitrogens with zero attached hydrogens (tertiary/aromatic N) is 1. The molecule has 1 aromatic carbocycles. The third-order valence-electron chi connectivity index (χ3n) is 3.45. The highest BCUT2D eigenvalue weighted by Crippen LogP contribution is 2.32. The van der Waals surface area contributed by atoms with Crippen LogP contribution in [0.2, 0.25) is 0 Å². The minimum absolute atomic E-state index is 0.293. The van der Waals surface area contributed by atoms with Crippen LogP contribution in [0.4, 0.5) is 5.13 Å². The molecule has 0 amide bonds. The Morgan fingerprint density at radius 3 is 2.52 bits per heavy atom. The zero-order valence-corrected chi connectivity index (χ0v) is 15.4. The Morgan fingerprint density at radius 1 is 1.04 bits per heavy atom. The van der Waals surface area contributed by atoms with Gasteiger partial charge in [0.15, 0.2) is 5.13 Å². The van der Waals surface area contributed by atoms with Gasteiger partial charge in [-0.3, -0.25) is 4.72 Å². The number of sulfonamides is 1. The second-order valence-electron chi connectivity index (χ2n) is 5.35. The summed E-state index contributed by atoms with van der Waals surface area (Å²) in [5.41, 5.74) is 3.57. The number of thiophene rings is 1. The summed E-state index contributed by atoms with van der Waals surface area (Å²) in [6.07, 6.45) is 0. The highest BCUT2D eigenvalue weighted by Gasteiger charge is 2.19. The van der Waals surface area contributed by atoms with Gasteiger partial charge in [-0.15, -0.1) is 22.7 Å². The molecule has 7 heteroatoms. The number of hydrogen-bond acceptors (Lipinski definition) is 5. The van der Waals surface area contributed by atoms with E-state index < -0.39 is 10.0 Å². The summed E-state index contributed by atoms with van der Waals surface area (Å²) in [6.45, 7) is 5.68. The second kappa shape index (κ2) is 6.07. The van der Waals surface area contributed by atoms with E-state index in [4.69, 9.17) is 0 Å². The van der Waals surface area contributed by atoms with Crippen LogP contribution in [0.3, 0.4) is 0 Å². The van der Waals surface area contributed by atoms with E-state index >= 15 is 0 Å². The van der Waals surface area contributed by atoms with E-state index in [0.29, 0.717) is 15.6 Å². The molecule has 0 unspecified atom stereocenters. The Labute approximate surface area is 143 Å². The lowest BCUT2D eigenvalue weighted by atomic mass is 10.2. The highest BCUT2D eigenvalue weighted by molar-refractivity contribution is 7.93. The van der Waals surface area contributed by atoms with Crippen molar-refractivity contribution in [3.63, 3.8) is 0 Å². The monoisotopic (exact) mass is 364 g/mol. The fourth-order valence-electron chi connectivity index (χ4n) is 2.23. The van der Waals surface area contributed by atoms with E-state index in [9.17, 15) is 8.42 Å². The molecule has 0 aliphatic heterocycles. The summed E-state index contributed by atoms with van der Waals surface area (Å²) >= 11 is 2.90. The first-order chi connectivity index (χ1) is 10.9. The van der Waals surface area contributed by atoms with Crippen LogP contribution in [0.15, 0.2) is 39.9 Å². The van der Waals surface area contributed by atoms with Crippen LogP contribution >= 0.6 is 22.7 Å². The number of aromatic nitrogens is 1. The Hall–Kier alpha value is -1.70. The SMILES string of the molecule is Cc1ccc(C)c(S(=O)(=O)Nc2nc(-c3sccc3C)cs2)c1. The molecule has 3 rings (SSSR count). The lowest BCUT2D eigenvalue weighted by Crippen LogP contribution is -2.14. The van der Waals surface area contributed by atoms with Crippen molar-refractivity contribution in [3.05, 3.63) is 51.7 Å². The third kappa shape index (κ3) is 3.31. The number of hydrogen-bond donors (Lipinski definition) is 1. The molecule has 0 saturated heterocycles. The molecule has 2 aromatic heterocycles. The molecular formula is C16H16N2O2S3. The number of aryl methyl sites for hydroxylation is 3. The number of nitrogens with one attached hydrogen (secondary N) is 1. The first kappa shape index (κ1) is 16.2. The van der Waals surface area contributed by atoms with Gasteiger partial charge in [0, 0.05) is 5.38 Å². The molecule has 120 valence electrons. The molecule has 3 aromatic rings. The summed E-state index contributed by atoms with van der Waals surface area (Å²) < 4.78 is 27.8. The lowest BCUT2D eigenvalue weighted by molar-refractivity contribution is 0.600. The van der Waals surface area contributed by atoms with Crippen LogP contribution in [-0.2, 0) is 10.0 Å². The van der Waals surface area contributed by atoms with Crippen LogP contribution < -0.4 is 4.72 Å². The minimum atomic E-state index is -3.63. The van der Waals surface area contributed by atoms with Gasteiger partial charge in [-0.05, 0) is 55.0 Å². The number of thiazole rings is 1. The molecule has 2 heterocycles. The Morgan fingerprint density at radius 2 is 1.83 bits per heavy atom. The summed E-state index contributed by atoms with van der Waals surface area (Å²) in [4.78, 5) is 5.78. The molecule has 0 aliphatic rings. The van der Waals surface area contributed by atoms with Gasteiger partial charge < -0.3 is 0 Å². The van der Waals surface area contributed by atoms with Gasteiger partial charge in [-0.1, -0.05) is 12.1 Å². The molecule has 1 N–H and O–H groups in total. The van der Waals surface area contributed by atoms with Gasteiger partial charge in [0.2, 0.25) is 0 Å². The van der Waals surface area contributed by atoms with Crippen molar-refractivity contribution in [3.8, 4) is 10.6 Å². The van der Waals surface area contributed by atoms with Gasteiger partial charge in [0.1, 0.15) is 0 Å². The van der Waals surface area contributed by atoms with Gasteiger partial charge >= 0.3 is 0 Å². The maximum Gasteiger partial charge on any atom is 0.263 e. The summed E-state index contributed by atoms with van der Waals surface area (Å²) in [5.74, 6) is 0. The molecule has 0 aliphatic carbocycles. The van der Waals surface area contributed by atoms with E-state index in [1.807, 2.05) is 42.8 Å². The molecule has 0 bridgehead atoms. The zero-order valence-electron chi connectivity index (χ0n) is 13.0. The predicted molar refractivity (Wildman–Crippen MR) is 96.9 cm³/mol. The standard InChI is InChI=1S/C16H16N2O2S3/c1-10-4-5-11(2)14(8-10)23(19,20)18-16-17-13(9-22-16)15-12(3)6-7-21-15/h4-9H,1-3H3,(H,17,18). The van der Waals surface area contributed by atoms with E-state index in [-0.39, 0.29) is 0 Å². The van der Waals surface area contributed by atoms with Crippen LogP contribution in [0.25, 0.3) is 10.6 Å². The van der Waals surface area contributed by atoms with Crippen LogP contribution in [0.1, 0.15) is 16.7 Å². The number of benzene rings is 1. The molecule has 0 spiro atoms. The molecule has 4 nitrogen and oxygen atoms in total. The van der Waals surface area contributed by atoms with Gasteiger partial charge in [0.05, 0.1) is 15.5 Å². The zero-order chi connectivity index (χ0) is 16.6. The van der Waals surface area contributed by atoms with E-state index in [0.717, 1.165) is 21.7 Å². The Bertz CT molecular complexity index is 955. The van der Waals surface area contributed by atoms with E-state index in [2.05, 4.69) is 9.71 Å². The average Bonchev–Trinajstić information content (AvgIpc) is 3.09. The van der Waals surface area contributed by atoms with Crippen LogP contribution in [-0.4, -0.2) is 13.4 Å². The van der Waals surface area contributed by atoms with Crippen molar-refractivity contribution < 1.29 is 8.42 Å². The van der Waals surface area contributed by atoms with Crippen molar-refractivity contribution >= 4 is 37.8 Å². The normalized spacial score (nSPS) is 11.6. The average molecular weight is 365 g/mol. The molecule has 0 saturated carbocycles. The summed E-state index contributed by atoms with van der Waals surface area (Å²) in [6, 6.07) is 7.41. The molecule has 0 atom stereocenters. The van der Waals surface area contributed by atoms with Crippen molar-refractivity contribution in [2.24, 2.45) is 0 Å². The van der Waals surface area contributed by atoms with Gasteiger partial charge in [-0.2, -0.15) is 0 Å². The maximum absolute atomic E-state index is 12.6. The largest absolute Gasteiger partial charge is 0.263 e. The topological polar surface area (TPSA) is 59.1 Å². The summed E-state index contributed by atoms with van der Waals surface area (Å²) in [5, 5.41) is 4.26. The minimum Gasteiger partial charge on any atom is -0.255 e. The molecule has 23 heavy (non-hydrogen) atoms. The van der Waals surface area contributed by atoms with E-state index in [1.54, 1.807) is 24.3 Å². The maximum atomic E-state index is 12.6. The smallest absolute Gasteiger partial charge is 0.255 e. The van der Waals surface area contributed by atoms with Crippen molar-refractivity contribution in [1.29, 1.82) is 0 Å². The predicted octanol–water partition coefficient (Wildman–Crippen LogP) is 4.60. The highest BCUT2D eigenvalue weighted by atomic mass is 32.2. The fraction of sp³-hybridized carbons (Fsp3) is 0.188. The lowest BCUT2D eigenvalue weighted by Gasteiger charge is -2.09. The van der Waals surface area contributed by atoms with Gasteiger partial charge in [0.25, 0.3) is 10.0 Å². The number of anilines is 1. The van der Waals surface area contributed by atoms with Crippen LogP contribution in [0, 0.1) is 20.8 Å². The Balaban J connectivity index is 1.91. The second-order valence-corrected chi connectivity index (χ2v) is 8.77. The Kier molecular flexibility index (Phi) is 4.27. The third-order valence-corrected chi connectivity index (χ3v) is 6.86. The molecule has 0 fully saturated rings. The number of rotatable bonds is 4. The first-order valence-electron chi connectivity index (χ1n) is 6.97. The molecule has 0 radical (unpaired) electrons. The van der Waals surface area contributed by atoms with Gasteiger partial charge in [-0.25, -0.2) is 13.4 Å². The summed E-state index contributed by atoms with van der Waals surface area (Å²) in [7, 11) is -3.63. The van der Waals surface area contributed by atoms with Crippen molar-refractivity contribution in [2.45, 2.75) is 25.7 Å². The van der Waals surface area contributed by atoms with Crippen LogP contribution in [0.5, 0.6) is 0 Å². The van der Waals surface area contributed by atoms with E-state index in [1.165, 1.54) is 11.3 Å². The molecular weight excluding hydrogens is 348 g/mol. The first-order valence-corrected chi connectivity index (χ1v) is 10.2. The van der Waals surface area contributed by atoms with Crippen molar-refractivity contribution in [2.75, 3.05) is 4.72 Å².